The van der Waals surface area contributed by atoms with E-state index in [-0.39, 0.29) is 0 Å². The van der Waals surface area contributed by atoms with Crippen LogP contribution in [-0.4, -0.2) is 17.0 Å². The molecule has 20 heavy (non-hydrogen) atoms. The van der Waals surface area contributed by atoms with Crippen molar-refractivity contribution in [3.8, 4) is 10.7 Å². The van der Waals surface area contributed by atoms with E-state index in [9.17, 15) is 0 Å². The van der Waals surface area contributed by atoms with Crippen LogP contribution >= 0.6 is 43.2 Å². The molecule has 6 heteroatoms. The third kappa shape index (κ3) is 2.36. The molecule has 2 heterocycles. The first-order valence-corrected chi connectivity index (χ1v) is 8.45. The number of fused-ring (bicyclic) bond motifs is 1. The van der Waals surface area contributed by atoms with Gasteiger partial charge in [-0.15, -0.1) is 11.3 Å². The molecule has 0 saturated heterocycles. The molecular formula is C14H11Br2N3S. The predicted octanol–water partition coefficient (Wildman–Crippen LogP) is 5.23. The minimum atomic E-state index is 0.761. The van der Waals surface area contributed by atoms with E-state index in [1.165, 1.54) is 5.56 Å². The molecule has 0 saturated carbocycles. The first-order valence-electron chi connectivity index (χ1n) is 5.99. The van der Waals surface area contributed by atoms with Crippen molar-refractivity contribution in [1.29, 1.82) is 0 Å². The largest absolute Gasteiger partial charge is 0.373 e. The van der Waals surface area contributed by atoms with Crippen molar-refractivity contribution in [3.63, 3.8) is 0 Å². The number of anilines is 1. The number of nitrogens with zero attached hydrogens (tertiary/aromatic N) is 2. The second-order valence-corrected chi connectivity index (χ2v) is 7.05. The molecule has 0 fully saturated rings. The zero-order chi connectivity index (χ0) is 14.3. The number of hydrogen-bond acceptors (Lipinski definition) is 4. The van der Waals surface area contributed by atoms with E-state index in [4.69, 9.17) is 4.98 Å². The molecule has 1 N–H and O–H groups in total. The monoisotopic (exact) mass is 411 g/mol. The summed E-state index contributed by atoms with van der Waals surface area (Å²) in [6.45, 7) is 2.08. The lowest BCUT2D eigenvalue weighted by atomic mass is 10.2. The summed E-state index contributed by atoms with van der Waals surface area (Å²) in [5.74, 6) is 1.59. The molecule has 3 aromatic rings. The Bertz CT molecular complexity index is 798. The standard InChI is InChI=1S/C14H11Br2N3S/c1-7-3-4-20-12(7)14-18-11-9(13(17-2)19-14)5-8(15)6-10(11)16/h3-6H,1-2H3,(H,17,18,19). The highest BCUT2D eigenvalue weighted by atomic mass is 79.9. The lowest BCUT2D eigenvalue weighted by molar-refractivity contribution is 1.21. The second-order valence-electron chi connectivity index (χ2n) is 4.36. The minimum absolute atomic E-state index is 0.761. The smallest absolute Gasteiger partial charge is 0.172 e. The van der Waals surface area contributed by atoms with Crippen molar-refractivity contribution < 1.29 is 0 Å². The van der Waals surface area contributed by atoms with Gasteiger partial charge in [0.25, 0.3) is 0 Å². The average molecular weight is 413 g/mol. The topological polar surface area (TPSA) is 37.8 Å². The quantitative estimate of drug-likeness (QED) is 0.625. The Morgan fingerprint density at radius 1 is 1.20 bits per heavy atom. The Morgan fingerprint density at radius 3 is 2.65 bits per heavy atom. The van der Waals surface area contributed by atoms with Gasteiger partial charge in [0, 0.05) is 21.4 Å². The molecule has 0 bridgehead atoms. The van der Waals surface area contributed by atoms with E-state index in [1.54, 1.807) is 11.3 Å². The zero-order valence-corrected chi connectivity index (χ0v) is 14.9. The van der Waals surface area contributed by atoms with Crippen LogP contribution in [0.2, 0.25) is 0 Å². The number of hydrogen-bond donors (Lipinski definition) is 1. The molecular weight excluding hydrogens is 402 g/mol. The van der Waals surface area contributed by atoms with E-state index in [0.717, 1.165) is 36.4 Å². The fourth-order valence-corrected chi connectivity index (χ4v) is 4.22. The van der Waals surface area contributed by atoms with E-state index in [0.29, 0.717) is 0 Å². The number of benzene rings is 1. The molecule has 0 spiro atoms. The van der Waals surface area contributed by atoms with Crippen LogP contribution in [0.5, 0.6) is 0 Å². The Balaban J connectivity index is 2.35. The van der Waals surface area contributed by atoms with Crippen LogP contribution in [0.1, 0.15) is 5.56 Å². The van der Waals surface area contributed by atoms with Gasteiger partial charge in [0.05, 0.1) is 10.4 Å². The number of aryl methyl sites for hydroxylation is 1. The van der Waals surface area contributed by atoms with Crippen LogP contribution in [0.15, 0.2) is 32.5 Å². The summed E-state index contributed by atoms with van der Waals surface area (Å²) in [5.41, 5.74) is 2.11. The van der Waals surface area contributed by atoms with Crippen LogP contribution < -0.4 is 5.32 Å². The van der Waals surface area contributed by atoms with Gasteiger partial charge >= 0.3 is 0 Å². The number of thiophene rings is 1. The van der Waals surface area contributed by atoms with Crippen LogP contribution in [0, 0.1) is 6.92 Å². The molecule has 3 rings (SSSR count). The molecule has 0 unspecified atom stereocenters. The zero-order valence-electron chi connectivity index (χ0n) is 10.9. The maximum Gasteiger partial charge on any atom is 0.172 e. The highest BCUT2D eigenvalue weighted by Crippen LogP contribution is 2.34. The first kappa shape index (κ1) is 14.0. The van der Waals surface area contributed by atoms with E-state index < -0.39 is 0 Å². The van der Waals surface area contributed by atoms with Crippen molar-refractivity contribution in [2.45, 2.75) is 6.92 Å². The number of halogens is 2. The predicted molar refractivity (Wildman–Crippen MR) is 92.5 cm³/mol. The van der Waals surface area contributed by atoms with Gasteiger partial charge in [0.1, 0.15) is 5.82 Å². The van der Waals surface area contributed by atoms with Gasteiger partial charge in [-0.2, -0.15) is 0 Å². The molecule has 0 amide bonds. The SMILES string of the molecule is CNc1nc(-c2sccc2C)nc2c(Br)cc(Br)cc12. The molecule has 0 aliphatic rings. The number of aromatic nitrogens is 2. The lowest BCUT2D eigenvalue weighted by Gasteiger charge is -2.09. The van der Waals surface area contributed by atoms with Crippen molar-refractivity contribution >= 4 is 59.9 Å². The highest BCUT2D eigenvalue weighted by molar-refractivity contribution is 9.11. The van der Waals surface area contributed by atoms with E-state index >= 15 is 0 Å². The van der Waals surface area contributed by atoms with Gasteiger partial charge in [0.15, 0.2) is 5.82 Å². The highest BCUT2D eigenvalue weighted by Gasteiger charge is 2.13. The summed E-state index contributed by atoms with van der Waals surface area (Å²) in [6, 6.07) is 6.11. The maximum atomic E-state index is 4.72. The van der Waals surface area contributed by atoms with E-state index in [1.807, 2.05) is 19.2 Å². The molecule has 0 aliphatic heterocycles. The summed E-state index contributed by atoms with van der Waals surface area (Å²) in [6.07, 6.45) is 0. The molecule has 2 aromatic heterocycles. The second kappa shape index (κ2) is 5.42. The summed E-state index contributed by atoms with van der Waals surface area (Å²) in [7, 11) is 1.88. The third-order valence-corrected chi connectivity index (χ3v) is 5.10. The minimum Gasteiger partial charge on any atom is -0.373 e. The normalized spacial score (nSPS) is 11.0. The van der Waals surface area contributed by atoms with Crippen molar-refractivity contribution in [1.82, 2.24) is 9.97 Å². The lowest BCUT2D eigenvalue weighted by Crippen LogP contribution is -1.99. The molecule has 3 nitrogen and oxygen atoms in total. The van der Waals surface area contributed by atoms with Gasteiger partial charge in [-0.25, -0.2) is 9.97 Å². The molecule has 0 radical (unpaired) electrons. The fourth-order valence-electron chi connectivity index (χ4n) is 2.05. The fraction of sp³-hybridized carbons (Fsp3) is 0.143. The summed E-state index contributed by atoms with van der Waals surface area (Å²) in [5, 5.41) is 6.21. The van der Waals surface area contributed by atoms with Gasteiger partial charge < -0.3 is 5.32 Å². The van der Waals surface area contributed by atoms with Crippen molar-refractivity contribution in [2.75, 3.05) is 12.4 Å². The van der Waals surface area contributed by atoms with Crippen LogP contribution in [0.4, 0.5) is 5.82 Å². The van der Waals surface area contributed by atoms with Crippen molar-refractivity contribution in [2.24, 2.45) is 0 Å². The summed E-state index contributed by atoms with van der Waals surface area (Å²) >= 11 is 8.75. The van der Waals surface area contributed by atoms with Crippen LogP contribution in [0.25, 0.3) is 21.6 Å². The van der Waals surface area contributed by atoms with Gasteiger partial charge in [0.2, 0.25) is 0 Å². The molecule has 1 aromatic carbocycles. The van der Waals surface area contributed by atoms with Gasteiger partial charge in [-0.3, -0.25) is 0 Å². The summed E-state index contributed by atoms with van der Waals surface area (Å²) < 4.78 is 1.95. The Hall–Kier alpha value is -0.980. The number of rotatable bonds is 2. The summed E-state index contributed by atoms with van der Waals surface area (Å²) in [4.78, 5) is 10.5. The van der Waals surface area contributed by atoms with E-state index in [2.05, 4.69) is 60.5 Å². The van der Waals surface area contributed by atoms with Crippen LogP contribution in [-0.2, 0) is 0 Å². The number of nitrogens with one attached hydrogen (secondary N) is 1. The van der Waals surface area contributed by atoms with Gasteiger partial charge in [-0.05, 0) is 52.0 Å². The molecule has 102 valence electrons. The Labute approximate surface area is 137 Å². The third-order valence-electron chi connectivity index (χ3n) is 3.02. The van der Waals surface area contributed by atoms with Gasteiger partial charge in [-0.1, -0.05) is 15.9 Å². The maximum absolute atomic E-state index is 4.72. The van der Waals surface area contributed by atoms with Crippen LogP contribution in [0.3, 0.4) is 0 Å². The Morgan fingerprint density at radius 2 is 2.00 bits per heavy atom. The first-order chi connectivity index (χ1) is 9.60. The average Bonchev–Trinajstić information content (AvgIpc) is 2.84. The molecule has 0 aliphatic carbocycles. The molecule has 0 atom stereocenters. The van der Waals surface area contributed by atoms with Crippen molar-refractivity contribution in [3.05, 3.63) is 38.1 Å². The Kier molecular flexibility index (Phi) is 3.79.